The number of aromatic nitrogens is 1. The number of carbonyl (C=O) groups excluding carboxylic acids is 1. The van der Waals surface area contributed by atoms with Gasteiger partial charge in [0.1, 0.15) is 5.82 Å². The molecule has 1 aromatic heterocycles. The molecule has 1 heterocycles. The van der Waals surface area contributed by atoms with E-state index in [1.165, 1.54) is 0 Å². The van der Waals surface area contributed by atoms with Gasteiger partial charge in [0.05, 0.1) is 12.2 Å². The van der Waals surface area contributed by atoms with Crippen molar-refractivity contribution in [3.63, 3.8) is 0 Å². The molecule has 3 rings (SSSR count). The Balaban J connectivity index is 2.04. The number of aryl methyl sites for hydroxylation is 1. The van der Waals surface area contributed by atoms with E-state index in [9.17, 15) is 4.79 Å². The Morgan fingerprint density at radius 2 is 1.96 bits per heavy atom. The lowest BCUT2D eigenvalue weighted by molar-refractivity contribution is 0.0528. The van der Waals surface area contributed by atoms with Crippen LogP contribution in [0.3, 0.4) is 0 Å². The molecule has 0 unspecified atom stereocenters. The predicted octanol–water partition coefficient (Wildman–Crippen LogP) is 5.12. The number of carbonyl (C=O) groups is 1. The van der Waals surface area contributed by atoms with Gasteiger partial charge >= 0.3 is 5.97 Å². The summed E-state index contributed by atoms with van der Waals surface area (Å²) in [7, 11) is 0. The second-order valence-corrected chi connectivity index (χ2v) is 5.78. The van der Waals surface area contributed by atoms with E-state index in [4.69, 9.17) is 16.3 Å². The molecule has 0 aliphatic heterocycles. The number of rotatable bonds is 4. The van der Waals surface area contributed by atoms with Gasteiger partial charge in [-0.05, 0) is 31.5 Å². The van der Waals surface area contributed by atoms with Crippen LogP contribution in [0.25, 0.3) is 10.8 Å². The maximum absolute atomic E-state index is 12.1. The molecule has 0 fully saturated rings. The minimum atomic E-state index is -0.369. The number of nitrogens with one attached hydrogen (secondary N) is 1. The number of benzene rings is 2. The summed E-state index contributed by atoms with van der Waals surface area (Å²) < 4.78 is 5.11. The molecule has 24 heavy (non-hydrogen) atoms. The van der Waals surface area contributed by atoms with Crippen LogP contribution in [-0.2, 0) is 4.74 Å². The number of ether oxygens (including phenoxy) is 1. The molecule has 2 aromatic carbocycles. The molecule has 0 atom stereocenters. The zero-order chi connectivity index (χ0) is 17.1. The normalized spacial score (nSPS) is 10.6. The molecular weight excluding hydrogens is 324 g/mol. The van der Waals surface area contributed by atoms with Crippen molar-refractivity contribution in [1.29, 1.82) is 0 Å². The lowest BCUT2D eigenvalue weighted by Crippen LogP contribution is -2.07. The van der Waals surface area contributed by atoms with Crippen LogP contribution in [0.2, 0.25) is 5.02 Å². The summed E-state index contributed by atoms with van der Waals surface area (Å²) in [5, 5.41) is 5.60. The number of fused-ring (bicyclic) bond motifs is 1. The SMILES string of the molecule is CCOC(=O)c1cnc(Nc2ccc(C)c(Cl)c2)c2ccccc12. The summed E-state index contributed by atoms with van der Waals surface area (Å²) in [5.41, 5.74) is 2.31. The molecule has 1 N–H and O–H groups in total. The Bertz CT molecular complexity index is 909. The third kappa shape index (κ3) is 3.19. The van der Waals surface area contributed by atoms with Crippen LogP contribution in [0, 0.1) is 6.92 Å². The average molecular weight is 341 g/mol. The van der Waals surface area contributed by atoms with E-state index >= 15 is 0 Å². The number of pyridine rings is 1. The Kier molecular flexibility index (Phi) is 4.67. The number of hydrogen-bond donors (Lipinski definition) is 1. The van der Waals surface area contributed by atoms with E-state index in [0.29, 0.717) is 23.0 Å². The van der Waals surface area contributed by atoms with Crippen molar-refractivity contribution in [2.24, 2.45) is 0 Å². The molecule has 0 aliphatic rings. The van der Waals surface area contributed by atoms with Crippen LogP contribution < -0.4 is 5.32 Å². The molecule has 0 aliphatic carbocycles. The van der Waals surface area contributed by atoms with Gasteiger partial charge in [-0.2, -0.15) is 0 Å². The van der Waals surface area contributed by atoms with Gasteiger partial charge in [0.25, 0.3) is 0 Å². The van der Waals surface area contributed by atoms with E-state index in [2.05, 4.69) is 10.3 Å². The molecule has 3 aromatic rings. The molecule has 122 valence electrons. The van der Waals surface area contributed by atoms with Gasteiger partial charge in [-0.3, -0.25) is 0 Å². The van der Waals surface area contributed by atoms with Crippen LogP contribution >= 0.6 is 11.6 Å². The first-order chi connectivity index (χ1) is 11.6. The first kappa shape index (κ1) is 16.3. The summed E-state index contributed by atoms with van der Waals surface area (Å²) in [6.45, 7) is 4.06. The minimum absolute atomic E-state index is 0.328. The lowest BCUT2D eigenvalue weighted by Gasteiger charge is -2.12. The highest BCUT2D eigenvalue weighted by Gasteiger charge is 2.14. The molecule has 0 saturated carbocycles. The molecule has 0 radical (unpaired) electrons. The van der Waals surface area contributed by atoms with E-state index in [-0.39, 0.29) is 5.97 Å². The number of halogens is 1. The van der Waals surface area contributed by atoms with E-state index in [1.807, 2.05) is 49.4 Å². The first-order valence-electron chi connectivity index (χ1n) is 7.68. The second-order valence-electron chi connectivity index (χ2n) is 5.38. The highest BCUT2D eigenvalue weighted by atomic mass is 35.5. The van der Waals surface area contributed by atoms with Gasteiger partial charge in [-0.15, -0.1) is 0 Å². The Morgan fingerprint density at radius 3 is 2.67 bits per heavy atom. The van der Waals surface area contributed by atoms with Crippen molar-refractivity contribution >= 4 is 39.8 Å². The fourth-order valence-corrected chi connectivity index (χ4v) is 2.65. The molecule has 0 bridgehead atoms. The van der Waals surface area contributed by atoms with Crippen LogP contribution in [0.5, 0.6) is 0 Å². The van der Waals surface area contributed by atoms with Crippen molar-refractivity contribution in [2.75, 3.05) is 11.9 Å². The molecule has 0 amide bonds. The molecule has 5 heteroatoms. The fraction of sp³-hybridized carbons (Fsp3) is 0.158. The van der Waals surface area contributed by atoms with Gasteiger partial charge in [0, 0.05) is 27.7 Å². The first-order valence-corrected chi connectivity index (χ1v) is 8.06. The van der Waals surface area contributed by atoms with Crippen LogP contribution in [0.1, 0.15) is 22.8 Å². The Hall–Kier alpha value is -2.59. The Labute approximate surface area is 145 Å². The third-order valence-electron chi connectivity index (χ3n) is 3.73. The minimum Gasteiger partial charge on any atom is -0.462 e. The maximum Gasteiger partial charge on any atom is 0.340 e. The van der Waals surface area contributed by atoms with Crippen molar-refractivity contribution in [1.82, 2.24) is 4.98 Å². The standard InChI is InChI=1S/C19H17ClN2O2/c1-3-24-19(23)16-11-21-18(15-7-5-4-6-14(15)16)22-13-9-8-12(2)17(20)10-13/h4-11H,3H2,1-2H3,(H,21,22). The molecule has 0 spiro atoms. The zero-order valence-corrected chi connectivity index (χ0v) is 14.2. The van der Waals surface area contributed by atoms with Gasteiger partial charge in [-0.1, -0.05) is 41.9 Å². The third-order valence-corrected chi connectivity index (χ3v) is 4.13. The quantitative estimate of drug-likeness (QED) is 0.670. The van der Waals surface area contributed by atoms with Gasteiger partial charge in [-0.25, -0.2) is 9.78 Å². The van der Waals surface area contributed by atoms with Crippen molar-refractivity contribution in [3.05, 3.63) is 64.8 Å². The van der Waals surface area contributed by atoms with E-state index in [0.717, 1.165) is 22.0 Å². The summed E-state index contributed by atoms with van der Waals surface area (Å²) >= 11 is 6.18. The van der Waals surface area contributed by atoms with Crippen molar-refractivity contribution < 1.29 is 9.53 Å². The largest absolute Gasteiger partial charge is 0.462 e. The number of hydrogen-bond acceptors (Lipinski definition) is 4. The highest BCUT2D eigenvalue weighted by molar-refractivity contribution is 6.31. The predicted molar refractivity (Wildman–Crippen MR) is 97.2 cm³/mol. The summed E-state index contributed by atoms with van der Waals surface area (Å²) in [4.78, 5) is 16.5. The van der Waals surface area contributed by atoms with Crippen LogP contribution in [0.15, 0.2) is 48.7 Å². The average Bonchev–Trinajstić information content (AvgIpc) is 2.58. The summed E-state index contributed by atoms with van der Waals surface area (Å²) in [5.74, 6) is 0.296. The Morgan fingerprint density at radius 1 is 1.21 bits per heavy atom. The summed E-state index contributed by atoms with van der Waals surface area (Å²) in [6, 6.07) is 13.3. The summed E-state index contributed by atoms with van der Waals surface area (Å²) in [6.07, 6.45) is 1.54. The highest BCUT2D eigenvalue weighted by Crippen LogP contribution is 2.29. The topological polar surface area (TPSA) is 51.2 Å². The maximum atomic E-state index is 12.1. The number of nitrogens with zero attached hydrogens (tertiary/aromatic N) is 1. The second kappa shape index (κ2) is 6.89. The molecule has 4 nitrogen and oxygen atoms in total. The van der Waals surface area contributed by atoms with Gasteiger partial charge in [0.2, 0.25) is 0 Å². The molecular formula is C19H17ClN2O2. The van der Waals surface area contributed by atoms with Crippen LogP contribution in [0.4, 0.5) is 11.5 Å². The molecule has 0 saturated heterocycles. The monoisotopic (exact) mass is 340 g/mol. The van der Waals surface area contributed by atoms with Crippen LogP contribution in [-0.4, -0.2) is 17.6 Å². The van der Waals surface area contributed by atoms with Gasteiger partial charge in [0.15, 0.2) is 0 Å². The smallest absolute Gasteiger partial charge is 0.340 e. The van der Waals surface area contributed by atoms with E-state index < -0.39 is 0 Å². The number of esters is 1. The van der Waals surface area contributed by atoms with Gasteiger partial charge < -0.3 is 10.1 Å². The lowest BCUT2D eigenvalue weighted by atomic mass is 10.1. The van der Waals surface area contributed by atoms with Crippen molar-refractivity contribution in [2.45, 2.75) is 13.8 Å². The van der Waals surface area contributed by atoms with E-state index in [1.54, 1.807) is 13.1 Å². The number of anilines is 2. The fourth-order valence-electron chi connectivity index (χ4n) is 2.47. The van der Waals surface area contributed by atoms with Crippen molar-refractivity contribution in [3.8, 4) is 0 Å². The zero-order valence-electron chi connectivity index (χ0n) is 13.5.